The summed E-state index contributed by atoms with van der Waals surface area (Å²) in [6.45, 7) is 7.22. The van der Waals surface area contributed by atoms with Crippen LogP contribution in [0, 0.1) is 0 Å². The van der Waals surface area contributed by atoms with Crippen molar-refractivity contribution in [1.82, 2.24) is 24.4 Å². The van der Waals surface area contributed by atoms with Gasteiger partial charge in [0.2, 0.25) is 0 Å². The molecule has 0 unspecified atom stereocenters. The Morgan fingerprint density at radius 3 is 2.74 bits per heavy atom. The topological polar surface area (TPSA) is 80.7 Å². The van der Waals surface area contributed by atoms with Gasteiger partial charge in [-0.15, -0.1) is 0 Å². The molecule has 3 aromatic heterocycles. The number of anilines is 1. The minimum atomic E-state index is -0.176. The Labute approximate surface area is 199 Å². The lowest BCUT2D eigenvalue weighted by Gasteiger charge is -2.29. The SMILES string of the molecule is C\C=C/C(=C\C=C\CC)c1cc2nc(-n3ccc(C4(CO)CC4)n3)cc(N3CCOCC3)n2n1. The van der Waals surface area contributed by atoms with E-state index in [-0.39, 0.29) is 12.0 Å². The summed E-state index contributed by atoms with van der Waals surface area (Å²) < 4.78 is 9.32. The van der Waals surface area contributed by atoms with Crippen molar-refractivity contribution >= 4 is 17.0 Å². The first kappa shape index (κ1) is 22.6. The molecule has 2 fully saturated rings. The lowest BCUT2D eigenvalue weighted by Crippen LogP contribution is -2.37. The van der Waals surface area contributed by atoms with Crippen LogP contribution in [-0.2, 0) is 10.2 Å². The Kier molecular flexibility index (Phi) is 6.34. The van der Waals surface area contributed by atoms with Crippen LogP contribution in [0.1, 0.15) is 44.5 Å². The number of rotatable bonds is 8. The fourth-order valence-electron chi connectivity index (χ4n) is 4.32. The fraction of sp³-hybridized carbons (Fsp3) is 0.423. The lowest BCUT2D eigenvalue weighted by atomic mass is 10.1. The van der Waals surface area contributed by atoms with E-state index in [1.807, 2.05) is 46.6 Å². The van der Waals surface area contributed by atoms with Crippen LogP contribution in [0.4, 0.5) is 5.82 Å². The minimum Gasteiger partial charge on any atom is -0.395 e. The number of nitrogens with zero attached hydrogens (tertiary/aromatic N) is 6. The van der Waals surface area contributed by atoms with Gasteiger partial charge in [-0.2, -0.15) is 14.7 Å². The third kappa shape index (κ3) is 4.31. The number of hydrogen-bond donors (Lipinski definition) is 1. The van der Waals surface area contributed by atoms with Crippen LogP contribution >= 0.6 is 0 Å². The maximum absolute atomic E-state index is 9.81. The molecule has 5 rings (SSSR count). The number of morpholine rings is 1. The molecule has 3 aromatic rings. The van der Waals surface area contributed by atoms with Crippen molar-refractivity contribution in [3.63, 3.8) is 0 Å². The molecule has 0 bridgehead atoms. The average Bonchev–Trinajstić information content (AvgIpc) is 3.29. The predicted molar refractivity (Wildman–Crippen MR) is 133 cm³/mol. The first-order chi connectivity index (χ1) is 16.7. The van der Waals surface area contributed by atoms with E-state index in [0.717, 1.165) is 66.6 Å². The molecule has 4 heterocycles. The van der Waals surface area contributed by atoms with E-state index in [1.54, 1.807) is 0 Å². The van der Waals surface area contributed by atoms with Crippen molar-refractivity contribution in [2.24, 2.45) is 0 Å². The lowest BCUT2D eigenvalue weighted by molar-refractivity contribution is 0.122. The van der Waals surface area contributed by atoms with E-state index in [1.165, 1.54) is 0 Å². The first-order valence-electron chi connectivity index (χ1n) is 12.1. The van der Waals surface area contributed by atoms with Gasteiger partial charge in [0, 0.05) is 42.4 Å². The summed E-state index contributed by atoms with van der Waals surface area (Å²) in [5.41, 5.74) is 3.43. The molecule has 1 saturated heterocycles. The molecular formula is C26H32N6O2. The van der Waals surface area contributed by atoms with E-state index < -0.39 is 0 Å². The summed E-state index contributed by atoms with van der Waals surface area (Å²) >= 11 is 0. The van der Waals surface area contributed by atoms with Gasteiger partial charge >= 0.3 is 0 Å². The van der Waals surface area contributed by atoms with Gasteiger partial charge in [0.25, 0.3) is 0 Å². The Hall–Kier alpha value is -3.23. The summed E-state index contributed by atoms with van der Waals surface area (Å²) in [6.07, 6.45) is 15.3. The van der Waals surface area contributed by atoms with Gasteiger partial charge in [0.05, 0.1) is 31.2 Å². The second-order valence-electron chi connectivity index (χ2n) is 8.91. The van der Waals surface area contributed by atoms with Crippen LogP contribution in [0.25, 0.3) is 17.0 Å². The highest BCUT2D eigenvalue weighted by Crippen LogP contribution is 2.46. The van der Waals surface area contributed by atoms with Gasteiger partial charge in [0.15, 0.2) is 11.5 Å². The van der Waals surface area contributed by atoms with E-state index in [2.05, 4.69) is 36.1 Å². The molecule has 2 aliphatic rings. The van der Waals surface area contributed by atoms with E-state index in [0.29, 0.717) is 13.2 Å². The Morgan fingerprint density at radius 1 is 1.21 bits per heavy atom. The van der Waals surface area contributed by atoms with Crippen molar-refractivity contribution in [3.05, 3.63) is 66.2 Å². The zero-order chi connectivity index (χ0) is 23.5. The van der Waals surface area contributed by atoms with Crippen molar-refractivity contribution in [3.8, 4) is 5.82 Å². The number of ether oxygens (including phenoxy) is 1. The highest BCUT2D eigenvalue weighted by molar-refractivity contribution is 5.75. The summed E-state index contributed by atoms with van der Waals surface area (Å²) in [4.78, 5) is 7.20. The Morgan fingerprint density at radius 2 is 2.03 bits per heavy atom. The molecule has 1 aliphatic heterocycles. The average molecular weight is 461 g/mol. The van der Waals surface area contributed by atoms with Gasteiger partial charge in [0.1, 0.15) is 5.82 Å². The molecule has 0 spiro atoms. The number of aliphatic hydroxyl groups is 1. The number of allylic oxidation sites excluding steroid dienone is 6. The minimum absolute atomic E-state index is 0.133. The second kappa shape index (κ2) is 9.56. The molecular weight excluding hydrogens is 428 g/mol. The van der Waals surface area contributed by atoms with Gasteiger partial charge in [-0.25, -0.2) is 9.67 Å². The van der Waals surface area contributed by atoms with Gasteiger partial charge < -0.3 is 14.7 Å². The number of aliphatic hydroxyl groups excluding tert-OH is 1. The standard InChI is InChI=1S/C26H32N6O2/c1-3-5-6-8-20(7-4-2)21-17-24-27-23(31-12-9-22(29-31)26(19-33)10-11-26)18-25(32(24)28-21)30-13-15-34-16-14-30/h4-9,12,17-18,33H,3,10-11,13-16,19H2,1-2H3/b6-5+,7-4-,20-8+. The fourth-order valence-corrected chi connectivity index (χ4v) is 4.32. The van der Waals surface area contributed by atoms with Gasteiger partial charge in [-0.05, 0) is 32.3 Å². The van der Waals surface area contributed by atoms with Crippen LogP contribution in [0.3, 0.4) is 0 Å². The quantitative estimate of drug-likeness (QED) is 0.517. The number of fused-ring (bicyclic) bond motifs is 1. The Bertz CT molecular complexity index is 1240. The zero-order valence-corrected chi connectivity index (χ0v) is 19.9. The van der Waals surface area contributed by atoms with Crippen molar-refractivity contribution in [2.75, 3.05) is 37.8 Å². The van der Waals surface area contributed by atoms with Crippen LogP contribution in [-0.4, -0.2) is 62.4 Å². The molecule has 1 saturated carbocycles. The van der Waals surface area contributed by atoms with E-state index in [4.69, 9.17) is 19.9 Å². The molecule has 8 nitrogen and oxygen atoms in total. The van der Waals surface area contributed by atoms with Gasteiger partial charge in [-0.3, -0.25) is 0 Å². The maximum atomic E-state index is 9.81. The van der Waals surface area contributed by atoms with Crippen molar-refractivity contribution in [1.29, 1.82) is 0 Å². The summed E-state index contributed by atoms with van der Waals surface area (Å²) in [5, 5.41) is 19.5. The second-order valence-corrected chi connectivity index (χ2v) is 8.91. The van der Waals surface area contributed by atoms with Crippen LogP contribution in [0.15, 0.2) is 54.8 Å². The van der Waals surface area contributed by atoms with Gasteiger partial charge in [-0.1, -0.05) is 37.3 Å². The smallest absolute Gasteiger partial charge is 0.160 e. The van der Waals surface area contributed by atoms with E-state index >= 15 is 0 Å². The highest BCUT2D eigenvalue weighted by Gasteiger charge is 2.45. The first-order valence-corrected chi connectivity index (χ1v) is 12.1. The summed E-state index contributed by atoms with van der Waals surface area (Å²) in [7, 11) is 0. The molecule has 1 N–H and O–H groups in total. The molecule has 0 radical (unpaired) electrons. The molecule has 0 amide bonds. The van der Waals surface area contributed by atoms with E-state index in [9.17, 15) is 5.11 Å². The van der Waals surface area contributed by atoms with Crippen LogP contribution in [0.5, 0.6) is 0 Å². The number of aromatic nitrogens is 5. The largest absolute Gasteiger partial charge is 0.395 e. The molecule has 1 aliphatic carbocycles. The maximum Gasteiger partial charge on any atom is 0.160 e. The Balaban J connectivity index is 1.60. The summed E-state index contributed by atoms with van der Waals surface area (Å²) in [5.74, 6) is 1.71. The molecule has 34 heavy (non-hydrogen) atoms. The monoisotopic (exact) mass is 460 g/mol. The molecule has 0 aromatic carbocycles. The van der Waals surface area contributed by atoms with Crippen LogP contribution in [0.2, 0.25) is 0 Å². The third-order valence-corrected chi connectivity index (χ3v) is 6.54. The molecule has 0 atom stereocenters. The zero-order valence-electron chi connectivity index (χ0n) is 19.9. The molecule has 8 heteroatoms. The normalized spacial score (nSPS) is 18.6. The number of hydrogen-bond acceptors (Lipinski definition) is 6. The third-order valence-electron chi connectivity index (χ3n) is 6.54. The molecule has 178 valence electrons. The van der Waals surface area contributed by atoms with Crippen LogP contribution < -0.4 is 4.90 Å². The predicted octanol–water partition coefficient (Wildman–Crippen LogP) is 3.70. The summed E-state index contributed by atoms with van der Waals surface area (Å²) in [6, 6.07) is 6.07. The van der Waals surface area contributed by atoms with Crippen molar-refractivity contribution < 1.29 is 9.84 Å². The highest BCUT2D eigenvalue weighted by atomic mass is 16.5. The van der Waals surface area contributed by atoms with Crippen molar-refractivity contribution in [2.45, 2.75) is 38.5 Å².